The summed E-state index contributed by atoms with van der Waals surface area (Å²) in [6.45, 7) is 1.24. The van der Waals surface area contributed by atoms with Gasteiger partial charge in [-0.25, -0.2) is 8.42 Å². The van der Waals surface area contributed by atoms with Gasteiger partial charge in [0.2, 0.25) is 0 Å². The van der Waals surface area contributed by atoms with E-state index in [4.69, 9.17) is 4.74 Å². The van der Waals surface area contributed by atoms with E-state index in [1.165, 1.54) is 0 Å². The highest BCUT2D eigenvalue weighted by atomic mass is 32.2. The molecule has 0 saturated carbocycles. The van der Waals surface area contributed by atoms with Crippen LogP contribution in [0.25, 0.3) is 0 Å². The van der Waals surface area contributed by atoms with E-state index >= 15 is 0 Å². The first-order chi connectivity index (χ1) is 11.6. The van der Waals surface area contributed by atoms with Crippen LogP contribution in [0.1, 0.15) is 23.7 Å². The second-order valence-electron chi connectivity index (χ2n) is 6.04. The van der Waals surface area contributed by atoms with Gasteiger partial charge in [-0.05, 0) is 24.1 Å². The smallest absolute Gasteiger partial charge is 0.263 e. The first-order valence-corrected chi connectivity index (χ1v) is 9.47. The van der Waals surface area contributed by atoms with Crippen molar-refractivity contribution in [2.45, 2.75) is 17.4 Å². The minimum absolute atomic E-state index is 0.0174. The Labute approximate surface area is 141 Å². The maximum Gasteiger partial charge on any atom is 0.263 e. The lowest BCUT2D eigenvalue weighted by Gasteiger charge is -2.17. The fourth-order valence-electron chi connectivity index (χ4n) is 3.29. The molecule has 2 atom stereocenters. The molecule has 2 aromatic carbocycles. The summed E-state index contributed by atoms with van der Waals surface area (Å²) in [7, 11) is -3.48. The van der Waals surface area contributed by atoms with Gasteiger partial charge < -0.3 is 4.74 Å². The van der Waals surface area contributed by atoms with Crippen LogP contribution in [0.3, 0.4) is 0 Å². The monoisotopic (exact) mass is 342 g/mol. The largest absolute Gasteiger partial charge is 0.373 e. The fraction of sp³-hybridized carbons (Fsp3) is 0.278. The predicted octanol–water partition coefficient (Wildman–Crippen LogP) is 2.50. The van der Waals surface area contributed by atoms with Crippen molar-refractivity contribution < 1.29 is 13.2 Å². The molecule has 2 heterocycles. The van der Waals surface area contributed by atoms with Gasteiger partial charge in [-0.3, -0.25) is 9.71 Å². The number of nitrogens with zero attached hydrogens (tertiary/aromatic N) is 1. The zero-order valence-corrected chi connectivity index (χ0v) is 13.9. The lowest BCUT2D eigenvalue weighted by molar-refractivity contribution is 0.0926. The van der Waals surface area contributed by atoms with Crippen LogP contribution < -0.4 is 4.72 Å². The lowest BCUT2D eigenvalue weighted by atomic mass is 9.95. The standard InChI is InChI=1S/C18H18N2O3S/c21-24(22)16-9-5-4-8-15(16)18(20-24)19-12-14-10-11-23-17(14)13-6-2-1-3-7-13/h1-9,14,17H,10-12H2,(H,19,20). The molecule has 24 heavy (non-hydrogen) atoms. The van der Waals surface area contributed by atoms with E-state index in [1.54, 1.807) is 18.2 Å². The van der Waals surface area contributed by atoms with Crippen LogP contribution in [0.2, 0.25) is 0 Å². The van der Waals surface area contributed by atoms with E-state index in [9.17, 15) is 8.42 Å². The van der Waals surface area contributed by atoms with Gasteiger partial charge in [0.1, 0.15) is 5.84 Å². The van der Waals surface area contributed by atoms with Crippen molar-refractivity contribution in [1.82, 2.24) is 4.72 Å². The Morgan fingerprint density at radius 3 is 2.67 bits per heavy atom. The molecule has 2 aromatic rings. The molecular weight excluding hydrogens is 324 g/mol. The highest BCUT2D eigenvalue weighted by Crippen LogP contribution is 2.35. The summed E-state index contributed by atoms with van der Waals surface area (Å²) in [5.41, 5.74) is 1.79. The molecule has 0 spiro atoms. The molecule has 1 N–H and O–H groups in total. The first-order valence-electron chi connectivity index (χ1n) is 7.98. The maximum atomic E-state index is 12.1. The average molecular weight is 342 g/mol. The number of amidine groups is 1. The number of hydrogen-bond acceptors (Lipinski definition) is 4. The van der Waals surface area contributed by atoms with Gasteiger partial charge in [-0.1, -0.05) is 42.5 Å². The molecule has 0 bridgehead atoms. The summed E-state index contributed by atoms with van der Waals surface area (Å²) in [6, 6.07) is 17.0. The Balaban J connectivity index is 1.58. The van der Waals surface area contributed by atoms with Crippen molar-refractivity contribution in [3.05, 3.63) is 65.7 Å². The molecule has 5 nitrogen and oxygen atoms in total. The Kier molecular flexibility index (Phi) is 3.86. The van der Waals surface area contributed by atoms with Gasteiger partial charge in [0.15, 0.2) is 0 Å². The summed E-state index contributed by atoms with van der Waals surface area (Å²) in [5.74, 6) is 0.682. The quantitative estimate of drug-likeness (QED) is 0.932. The number of ether oxygens (including phenoxy) is 1. The Morgan fingerprint density at radius 2 is 1.83 bits per heavy atom. The van der Waals surface area contributed by atoms with E-state index in [-0.39, 0.29) is 12.0 Å². The molecule has 2 aliphatic heterocycles. The first kappa shape index (κ1) is 15.4. The van der Waals surface area contributed by atoms with E-state index in [0.29, 0.717) is 29.4 Å². The van der Waals surface area contributed by atoms with E-state index in [2.05, 4.69) is 21.8 Å². The van der Waals surface area contributed by atoms with Crippen molar-refractivity contribution in [3.8, 4) is 0 Å². The second-order valence-corrected chi connectivity index (χ2v) is 7.69. The summed E-state index contributed by atoms with van der Waals surface area (Å²) >= 11 is 0. The molecule has 0 aromatic heterocycles. The third kappa shape index (κ3) is 2.72. The molecule has 1 saturated heterocycles. The third-order valence-corrected chi connectivity index (χ3v) is 5.89. The number of nitrogens with one attached hydrogen (secondary N) is 1. The van der Waals surface area contributed by atoms with Gasteiger partial charge >= 0.3 is 0 Å². The highest BCUT2D eigenvalue weighted by molar-refractivity contribution is 7.90. The molecule has 4 rings (SSSR count). The van der Waals surface area contributed by atoms with Crippen molar-refractivity contribution >= 4 is 15.9 Å². The molecule has 2 aliphatic rings. The molecule has 0 aliphatic carbocycles. The molecule has 2 unspecified atom stereocenters. The van der Waals surface area contributed by atoms with Crippen molar-refractivity contribution in [2.75, 3.05) is 13.2 Å². The molecule has 6 heteroatoms. The number of fused-ring (bicyclic) bond motifs is 1. The fourth-order valence-corrected chi connectivity index (χ4v) is 4.54. The van der Waals surface area contributed by atoms with Crippen LogP contribution in [0.5, 0.6) is 0 Å². The van der Waals surface area contributed by atoms with Crippen molar-refractivity contribution in [3.63, 3.8) is 0 Å². The molecule has 0 amide bonds. The van der Waals surface area contributed by atoms with Crippen molar-refractivity contribution in [1.29, 1.82) is 0 Å². The summed E-state index contributed by atoms with van der Waals surface area (Å²) in [5, 5.41) is 0. The van der Waals surface area contributed by atoms with Crippen LogP contribution in [0.15, 0.2) is 64.5 Å². The third-order valence-electron chi connectivity index (χ3n) is 4.49. The summed E-state index contributed by atoms with van der Waals surface area (Å²) in [6.07, 6.45) is 0.939. The normalized spacial score (nSPS) is 26.2. The average Bonchev–Trinajstić information content (AvgIpc) is 3.17. The molecule has 1 fully saturated rings. The molecule has 0 radical (unpaired) electrons. The highest BCUT2D eigenvalue weighted by Gasteiger charge is 2.32. The van der Waals surface area contributed by atoms with Gasteiger partial charge in [0.25, 0.3) is 10.0 Å². The van der Waals surface area contributed by atoms with Gasteiger partial charge in [0, 0.05) is 24.6 Å². The summed E-state index contributed by atoms with van der Waals surface area (Å²) in [4.78, 5) is 4.86. The van der Waals surface area contributed by atoms with Gasteiger partial charge in [-0.2, -0.15) is 0 Å². The topological polar surface area (TPSA) is 67.8 Å². The predicted molar refractivity (Wildman–Crippen MR) is 91.4 cm³/mol. The second kappa shape index (κ2) is 6.03. The Hall–Kier alpha value is -2.18. The number of sulfonamides is 1. The van der Waals surface area contributed by atoms with E-state index in [0.717, 1.165) is 12.0 Å². The lowest BCUT2D eigenvalue weighted by Crippen LogP contribution is -2.23. The SMILES string of the molecule is O=S1(=O)NC(=NCC2CCOC2c2ccccc2)c2ccccc21. The van der Waals surface area contributed by atoms with E-state index < -0.39 is 10.0 Å². The maximum absolute atomic E-state index is 12.1. The number of benzene rings is 2. The Bertz CT molecular complexity index is 878. The Morgan fingerprint density at radius 1 is 1.08 bits per heavy atom. The van der Waals surface area contributed by atoms with Crippen LogP contribution in [0, 0.1) is 5.92 Å². The van der Waals surface area contributed by atoms with Crippen LogP contribution in [-0.2, 0) is 14.8 Å². The number of rotatable bonds is 3. The van der Waals surface area contributed by atoms with Gasteiger partial charge in [-0.15, -0.1) is 0 Å². The number of hydrogen-bond donors (Lipinski definition) is 1. The molecular formula is C18H18N2O3S. The minimum atomic E-state index is -3.48. The van der Waals surface area contributed by atoms with Crippen molar-refractivity contribution in [2.24, 2.45) is 10.9 Å². The zero-order valence-electron chi connectivity index (χ0n) is 13.1. The van der Waals surface area contributed by atoms with E-state index in [1.807, 2.05) is 24.3 Å². The van der Waals surface area contributed by atoms with Crippen LogP contribution in [0.4, 0.5) is 0 Å². The minimum Gasteiger partial charge on any atom is -0.373 e. The molecule has 124 valence electrons. The van der Waals surface area contributed by atoms with Crippen LogP contribution >= 0.6 is 0 Å². The zero-order chi connectivity index (χ0) is 16.6. The summed E-state index contributed by atoms with van der Waals surface area (Å²) < 4.78 is 32.7. The number of aliphatic imine (C=N–C) groups is 1. The van der Waals surface area contributed by atoms with Crippen LogP contribution in [-0.4, -0.2) is 27.4 Å². The van der Waals surface area contributed by atoms with Gasteiger partial charge in [0.05, 0.1) is 11.0 Å².